The van der Waals surface area contributed by atoms with Crippen LogP contribution in [-0.4, -0.2) is 48.3 Å². The molecule has 0 aromatic heterocycles. The molecule has 0 aliphatic carbocycles. The minimum absolute atomic E-state index is 0.00111. The van der Waals surface area contributed by atoms with Gasteiger partial charge in [-0.1, -0.05) is 40.2 Å². The van der Waals surface area contributed by atoms with E-state index in [0.29, 0.717) is 37.1 Å². The Kier molecular flexibility index (Phi) is 6.81. The summed E-state index contributed by atoms with van der Waals surface area (Å²) in [6, 6.07) is 16.1. The fourth-order valence-corrected chi connectivity index (χ4v) is 3.56. The number of nitrogens with zero attached hydrogens (tertiary/aromatic N) is 1. The number of nitrogens with one attached hydrogen (secondary N) is 2. The van der Waals surface area contributed by atoms with Crippen molar-refractivity contribution in [2.45, 2.75) is 18.9 Å². The molecule has 2 N–H and O–H groups in total. The Morgan fingerprint density at radius 2 is 1.64 bits per heavy atom. The number of hydrogen-bond donors (Lipinski definition) is 2. The predicted molar refractivity (Wildman–Crippen MR) is 110 cm³/mol. The summed E-state index contributed by atoms with van der Waals surface area (Å²) in [6.07, 6.45) is 1.39. The maximum atomic E-state index is 12.6. The van der Waals surface area contributed by atoms with Gasteiger partial charge < -0.3 is 15.5 Å². The number of likely N-dealkylation sites (tertiary alicyclic amines) is 1. The Morgan fingerprint density at radius 3 is 2.32 bits per heavy atom. The van der Waals surface area contributed by atoms with E-state index in [1.165, 1.54) is 0 Å². The van der Waals surface area contributed by atoms with Gasteiger partial charge in [0, 0.05) is 34.7 Å². The molecular weight excluding hydrogens is 422 g/mol. The number of amides is 3. The number of piperidine rings is 1. The van der Waals surface area contributed by atoms with E-state index in [-0.39, 0.29) is 30.3 Å². The van der Waals surface area contributed by atoms with Crippen molar-refractivity contribution in [2.75, 3.05) is 19.6 Å². The first kappa shape index (κ1) is 20.1. The lowest BCUT2D eigenvalue weighted by Gasteiger charge is -2.32. The molecule has 1 saturated heterocycles. The molecule has 146 valence electrons. The zero-order valence-corrected chi connectivity index (χ0v) is 16.9. The molecular formula is C21H22BrN3O3. The summed E-state index contributed by atoms with van der Waals surface area (Å²) >= 11 is 3.38. The largest absolute Gasteiger partial charge is 0.352 e. The third-order valence-electron chi connectivity index (χ3n) is 4.66. The van der Waals surface area contributed by atoms with Crippen molar-refractivity contribution in [1.29, 1.82) is 0 Å². The molecule has 28 heavy (non-hydrogen) atoms. The lowest BCUT2D eigenvalue weighted by molar-refractivity contribution is -0.121. The van der Waals surface area contributed by atoms with Gasteiger partial charge in [0.15, 0.2) is 0 Å². The minimum atomic E-state index is -0.273. The van der Waals surface area contributed by atoms with E-state index in [4.69, 9.17) is 0 Å². The van der Waals surface area contributed by atoms with Gasteiger partial charge in [-0.15, -0.1) is 0 Å². The molecule has 1 fully saturated rings. The van der Waals surface area contributed by atoms with E-state index >= 15 is 0 Å². The highest BCUT2D eigenvalue weighted by molar-refractivity contribution is 9.10. The topological polar surface area (TPSA) is 78.5 Å². The van der Waals surface area contributed by atoms with Gasteiger partial charge in [-0.2, -0.15) is 0 Å². The van der Waals surface area contributed by atoms with Gasteiger partial charge in [-0.25, -0.2) is 0 Å². The standard InChI is InChI=1S/C21H22BrN3O3/c22-17-8-4-7-16(13-17)21(28)25-11-9-18(10-12-25)24-19(26)14-23-20(27)15-5-2-1-3-6-15/h1-8,13,18H,9-12,14H2,(H,23,27)(H,24,26). The second-order valence-electron chi connectivity index (χ2n) is 6.69. The van der Waals surface area contributed by atoms with Gasteiger partial charge in [-0.05, 0) is 43.2 Å². The SMILES string of the molecule is O=C(CNC(=O)c1ccccc1)NC1CCN(C(=O)c2cccc(Br)c2)CC1. The maximum Gasteiger partial charge on any atom is 0.253 e. The van der Waals surface area contributed by atoms with E-state index in [1.54, 1.807) is 30.3 Å². The first-order valence-corrected chi connectivity index (χ1v) is 9.99. The molecule has 7 heteroatoms. The number of hydrogen-bond acceptors (Lipinski definition) is 3. The van der Waals surface area contributed by atoms with Crippen LogP contribution in [0.5, 0.6) is 0 Å². The summed E-state index contributed by atoms with van der Waals surface area (Å²) < 4.78 is 0.873. The summed E-state index contributed by atoms with van der Waals surface area (Å²) in [4.78, 5) is 38.5. The van der Waals surface area contributed by atoms with Gasteiger partial charge in [-0.3, -0.25) is 14.4 Å². The molecule has 0 unspecified atom stereocenters. The lowest BCUT2D eigenvalue weighted by atomic mass is 10.0. The van der Waals surface area contributed by atoms with E-state index in [9.17, 15) is 14.4 Å². The van der Waals surface area contributed by atoms with Gasteiger partial charge in [0.2, 0.25) is 5.91 Å². The fourth-order valence-electron chi connectivity index (χ4n) is 3.16. The van der Waals surface area contributed by atoms with Crippen LogP contribution >= 0.6 is 15.9 Å². The zero-order chi connectivity index (χ0) is 19.9. The van der Waals surface area contributed by atoms with Crippen molar-refractivity contribution in [3.63, 3.8) is 0 Å². The molecule has 0 atom stereocenters. The van der Waals surface area contributed by atoms with E-state index < -0.39 is 0 Å². The molecule has 0 radical (unpaired) electrons. The van der Waals surface area contributed by atoms with Crippen LogP contribution in [0, 0.1) is 0 Å². The van der Waals surface area contributed by atoms with Crippen LogP contribution in [0.2, 0.25) is 0 Å². The smallest absolute Gasteiger partial charge is 0.253 e. The van der Waals surface area contributed by atoms with Gasteiger partial charge >= 0.3 is 0 Å². The third-order valence-corrected chi connectivity index (χ3v) is 5.16. The monoisotopic (exact) mass is 443 g/mol. The quantitative estimate of drug-likeness (QED) is 0.745. The summed E-state index contributed by atoms with van der Waals surface area (Å²) in [6.45, 7) is 1.12. The molecule has 6 nitrogen and oxygen atoms in total. The average Bonchev–Trinajstić information content (AvgIpc) is 2.72. The Balaban J connectivity index is 1.42. The van der Waals surface area contributed by atoms with Gasteiger partial charge in [0.05, 0.1) is 6.54 Å². The van der Waals surface area contributed by atoms with Crippen molar-refractivity contribution in [3.05, 3.63) is 70.2 Å². The number of halogens is 1. The van der Waals surface area contributed by atoms with Crippen molar-refractivity contribution in [2.24, 2.45) is 0 Å². The van der Waals surface area contributed by atoms with Crippen LogP contribution in [0.1, 0.15) is 33.6 Å². The summed E-state index contributed by atoms with van der Waals surface area (Å²) in [5.74, 6) is -0.493. The summed E-state index contributed by atoms with van der Waals surface area (Å²) in [7, 11) is 0. The number of rotatable bonds is 5. The number of benzene rings is 2. The summed E-state index contributed by atoms with van der Waals surface area (Å²) in [5, 5.41) is 5.56. The van der Waals surface area contributed by atoms with Gasteiger partial charge in [0.25, 0.3) is 11.8 Å². The third kappa shape index (κ3) is 5.42. The molecule has 3 amide bonds. The molecule has 1 aliphatic heterocycles. The molecule has 2 aromatic rings. The van der Waals surface area contributed by atoms with Gasteiger partial charge in [0.1, 0.15) is 0 Å². The van der Waals surface area contributed by atoms with Crippen molar-refractivity contribution in [3.8, 4) is 0 Å². The van der Waals surface area contributed by atoms with Crippen LogP contribution in [-0.2, 0) is 4.79 Å². The fraction of sp³-hybridized carbons (Fsp3) is 0.286. The number of carbonyl (C=O) groups is 3. The van der Waals surface area contributed by atoms with E-state index in [0.717, 1.165) is 4.47 Å². The van der Waals surface area contributed by atoms with E-state index in [1.807, 2.05) is 29.2 Å². The molecule has 2 aromatic carbocycles. The Hall–Kier alpha value is -2.67. The minimum Gasteiger partial charge on any atom is -0.352 e. The predicted octanol–water partition coefficient (Wildman–Crippen LogP) is 2.60. The highest BCUT2D eigenvalue weighted by atomic mass is 79.9. The normalized spacial score (nSPS) is 14.4. The van der Waals surface area contributed by atoms with Crippen molar-refractivity contribution >= 4 is 33.7 Å². The van der Waals surface area contributed by atoms with E-state index in [2.05, 4.69) is 26.6 Å². The lowest BCUT2D eigenvalue weighted by Crippen LogP contribution is -2.48. The highest BCUT2D eigenvalue weighted by Crippen LogP contribution is 2.17. The molecule has 1 heterocycles. The molecule has 0 saturated carbocycles. The Morgan fingerprint density at radius 1 is 0.964 bits per heavy atom. The molecule has 1 aliphatic rings. The molecule has 0 bridgehead atoms. The second-order valence-corrected chi connectivity index (χ2v) is 7.61. The van der Waals surface area contributed by atoms with Crippen LogP contribution in [0.25, 0.3) is 0 Å². The van der Waals surface area contributed by atoms with Crippen LogP contribution in [0.3, 0.4) is 0 Å². The number of carbonyl (C=O) groups excluding carboxylic acids is 3. The van der Waals surface area contributed by atoms with Crippen LogP contribution in [0.4, 0.5) is 0 Å². The molecule has 0 spiro atoms. The first-order chi connectivity index (χ1) is 13.5. The zero-order valence-electron chi connectivity index (χ0n) is 15.4. The van der Waals surface area contributed by atoms with Crippen molar-refractivity contribution in [1.82, 2.24) is 15.5 Å². The first-order valence-electron chi connectivity index (χ1n) is 9.20. The highest BCUT2D eigenvalue weighted by Gasteiger charge is 2.24. The maximum absolute atomic E-state index is 12.6. The molecule has 3 rings (SSSR count). The Bertz CT molecular complexity index is 849. The van der Waals surface area contributed by atoms with Crippen LogP contribution < -0.4 is 10.6 Å². The average molecular weight is 444 g/mol. The Labute approximate surface area is 172 Å². The van der Waals surface area contributed by atoms with Crippen LogP contribution in [0.15, 0.2) is 59.1 Å². The summed E-state index contributed by atoms with van der Waals surface area (Å²) in [5.41, 5.74) is 1.18. The second kappa shape index (κ2) is 9.50. The van der Waals surface area contributed by atoms with Crippen molar-refractivity contribution < 1.29 is 14.4 Å².